The van der Waals surface area contributed by atoms with E-state index in [0.717, 1.165) is 5.56 Å². The van der Waals surface area contributed by atoms with Gasteiger partial charge in [-0.15, -0.1) is 0 Å². The minimum atomic E-state index is -0.861. The molecule has 1 unspecified atom stereocenters. The van der Waals surface area contributed by atoms with Crippen LogP contribution in [0, 0.1) is 31.0 Å². The maximum absolute atomic E-state index is 13.2. The summed E-state index contributed by atoms with van der Waals surface area (Å²) < 4.78 is 13.2. The van der Waals surface area contributed by atoms with Gasteiger partial charge in [0.1, 0.15) is 11.7 Å². The molecule has 2 aromatic rings. The summed E-state index contributed by atoms with van der Waals surface area (Å²) in [5.74, 6) is -1.52. The van der Waals surface area contributed by atoms with Crippen molar-refractivity contribution in [3.8, 4) is 6.07 Å². The van der Waals surface area contributed by atoms with E-state index in [0.29, 0.717) is 16.7 Å². The van der Waals surface area contributed by atoms with Gasteiger partial charge in [0.05, 0.1) is 6.07 Å². The molecule has 0 amide bonds. The first-order chi connectivity index (χ1) is 9.52. The Morgan fingerprint density at radius 3 is 2.35 bits per heavy atom. The number of carbonyl (C=O) groups excluding carboxylic acids is 1. The molecule has 20 heavy (non-hydrogen) atoms. The highest BCUT2D eigenvalue weighted by atomic mass is 19.1. The van der Waals surface area contributed by atoms with Crippen molar-refractivity contribution in [2.24, 2.45) is 0 Å². The van der Waals surface area contributed by atoms with Crippen LogP contribution in [0.1, 0.15) is 33.0 Å². The number of rotatable bonds is 3. The quantitative estimate of drug-likeness (QED) is 0.790. The number of Topliss-reactive ketones (excluding diaryl/α,β-unsaturated/α-hetero) is 1. The van der Waals surface area contributed by atoms with Gasteiger partial charge in [-0.05, 0) is 43.2 Å². The Hall–Kier alpha value is -2.47. The van der Waals surface area contributed by atoms with E-state index in [1.165, 1.54) is 18.2 Å². The largest absolute Gasteiger partial charge is 0.292 e. The van der Waals surface area contributed by atoms with Gasteiger partial charge < -0.3 is 0 Å². The van der Waals surface area contributed by atoms with Crippen molar-refractivity contribution in [3.05, 3.63) is 70.5 Å². The number of hydrogen-bond acceptors (Lipinski definition) is 2. The smallest absolute Gasteiger partial charge is 0.184 e. The third-order valence-electron chi connectivity index (χ3n) is 3.24. The molecule has 0 aliphatic carbocycles. The van der Waals surface area contributed by atoms with Crippen LogP contribution in [0.25, 0.3) is 0 Å². The molecule has 0 heterocycles. The first kappa shape index (κ1) is 14.0. The van der Waals surface area contributed by atoms with Gasteiger partial charge in [0, 0.05) is 5.56 Å². The van der Waals surface area contributed by atoms with Crippen LogP contribution in [0.2, 0.25) is 0 Å². The highest BCUT2D eigenvalue weighted by Gasteiger charge is 2.22. The molecule has 100 valence electrons. The lowest BCUT2D eigenvalue weighted by Gasteiger charge is -2.10. The summed E-state index contributed by atoms with van der Waals surface area (Å²) in [5, 5.41) is 9.26. The summed E-state index contributed by atoms with van der Waals surface area (Å²) >= 11 is 0. The lowest BCUT2D eigenvalue weighted by Crippen LogP contribution is -2.11. The number of carbonyl (C=O) groups is 1. The van der Waals surface area contributed by atoms with Crippen LogP contribution in [0.4, 0.5) is 4.39 Å². The van der Waals surface area contributed by atoms with Crippen molar-refractivity contribution in [1.82, 2.24) is 0 Å². The average molecular weight is 267 g/mol. The zero-order valence-electron chi connectivity index (χ0n) is 11.4. The highest BCUT2D eigenvalue weighted by Crippen LogP contribution is 2.22. The Kier molecular flexibility index (Phi) is 3.95. The molecule has 3 heteroatoms. The lowest BCUT2D eigenvalue weighted by molar-refractivity contribution is 0.0978. The number of hydrogen-bond donors (Lipinski definition) is 0. The second-order valence-corrected chi connectivity index (χ2v) is 4.80. The topological polar surface area (TPSA) is 40.9 Å². The standard InChI is InChI=1S/C17H14FNO/c1-11-3-5-13(6-4-11)15(10-19)17(20)14-7-8-16(18)12(2)9-14/h3-9,15H,1-2H3. The predicted octanol–water partition coefficient (Wildman–Crippen LogP) is 3.93. The Bertz CT molecular complexity index is 683. The normalized spacial score (nSPS) is 11.7. The van der Waals surface area contributed by atoms with E-state index >= 15 is 0 Å². The van der Waals surface area contributed by atoms with Crippen LogP contribution >= 0.6 is 0 Å². The van der Waals surface area contributed by atoms with E-state index in [-0.39, 0.29) is 11.6 Å². The number of benzene rings is 2. The molecule has 2 rings (SSSR count). The predicted molar refractivity (Wildman–Crippen MR) is 75.0 cm³/mol. The second-order valence-electron chi connectivity index (χ2n) is 4.80. The maximum atomic E-state index is 13.2. The summed E-state index contributed by atoms with van der Waals surface area (Å²) in [6.07, 6.45) is 0. The van der Waals surface area contributed by atoms with Gasteiger partial charge in [-0.3, -0.25) is 4.79 Å². The zero-order valence-corrected chi connectivity index (χ0v) is 11.4. The molecule has 0 radical (unpaired) electrons. The van der Waals surface area contributed by atoms with Crippen molar-refractivity contribution in [2.75, 3.05) is 0 Å². The van der Waals surface area contributed by atoms with Crippen LogP contribution in [-0.4, -0.2) is 5.78 Å². The summed E-state index contributed by atoms with van der Waals surface area (Å²) in [4.78, 5) is 12.4. The minimum Gasteiger partial charge on any atom is -0.292 e. The molecule has 0 fully saturated rings. The van der Waals surface area contributed by atoms with Crippen molar-refractivity contribution >= 4 is 5.78 Å². The van der Waals surface area contributed by atoms with Crippen molar-refractivity contribution < 1.29 is 9.18 Å². The SMILES string of the molecule is Cc1ccc(C(C#N)C(=O)c2ccc(F)c(C)c2)cc1. The minimum absolute atomic E-state index is 0.306. The molecule has 0 saturated heterocycles. The van der Waals surface area contributed by atoms with Gasteiger partial charge in [0.2, 0.25) is 0 Å². The molecule has 1 atom stereocenters. The second kappa shape index (κ2) is 5.66. The fraction of sp³-hybridized carbons (Fsp3) is 0.176. The average Bonchev–Trinajstić information content (AvgIpc) is 2.44. The van der Waals surface area contributed by atoms with E-state index in [1.807, 2.05) is 25.1 Å². The molecular weight excluding hydrogens is 253 g/mol. The van der Waals surface area contributed by atoms with Crippen LogP contribution in [0.15, 0.2) is 42.5 Å². The molecule has 0 saturated carbocycles. The van der Waals surface area contributed by atoms with Crippen LogP contribution in [0.3, 0.4) is 0 Å². The summed E-state index contributed by atoms with van der Waals surface area (Å²) in [6, 6.07) is 13.5. The summed E-state index contributed by atoms with van der Waals surface area (Å²) in [6.45, 7) is 3.54. The van der Waals surface area contributed by atoms with Crippen molar-refractivity contribution in [3.63, 3.8) is 0 Å². The van der Waals surface area contributed by atoms with Gasteiger partial charge in [-0.2, -0.15) is 5.26 Å². The molecule has 0 aromatic heterocycles. The van der Waals surface area contributed by atoms with Crippen LogP contribution < -0.4 is 0 Å². The van der Waals surface area contributed by atoms with Gasteiger partial charge in [-0.25, -0.2) is 4.39 Å². The fourth-order valence-corrected chi connectivity index (χ4v) is 2.01. The Labute approximate surface area is 117 Å². The highest BCUT2D eigenvalue weighted by molar-refractivity contribution is 6.02. The zero-order chi connectivity index (χ0) is 14.7. The van der Waals surface area contributed by atoms with E-state index in [4.69, 9.17) is 0 Å². The van der Waals surface area contributed by atoms with E-state index < -0.39 is 5.92 Å². The van der Waals surface area contributed by atoms with Gasteiger partial charge in [0.25, 0.3) is 0 Å². The molecule has 0 spiro atoms. The fourth-order valence-electron chi connectivity index (χ4n) is 2.01. The lowest BCUT2D eigenvalue weighted by atomic mass is 9.91. The van der Waals surface area contributed by atoms with E-state index in [2.05, 4.69) is 0 Å². The van der Waals surface area contributed by atoms with E-state index in [9.17, 15) is 14.4 Å². The molecule has 2 nitrogen and oxygen atoms in total. The Morgan fingerprint density at radius 1 is 1.15 bits per heavy atom. The monoisotopic (exact) mass is 267 g/mol. The van der Waals surface area contributed by atoms with Crippen molar-refractivity contribution in [1.29, 1.82) is 5.26 Å². The number of aryl methyl sites for hydroxylation is 2. The van der Waals surface area contributed by atoms with Crippen molar-refractivity contribution in [2.45, 2.75) is 19.8 Å². The molecule has 2 aromatic carbocycles. The molecule has 0 bridgehead atoms. The first-order valence-corrected chi connectivity index (χ1v) is 6.29. The molecule has 0 aliphatic heterocycles. The Morgan fingerprint density at radius 2 is 1.80 bits per heavy atom. The molecule has 0 N–H and O–H groups in total. The van der Waals surface area contributed by atoms with Gasteiger partial charge in [-0.1, -0.05) is 29.8 Å². The van der Waals surface area contributed by atoms with Gasteiger partial charge >= 0.3 is 0 Å². The van der Waals surface area contributed by atoms with E-state index in [1.54, 1.807) is 19.1 Å². The molecular formula is C17H14FNO. The first-order valence-electron chi connectivity index (χ1n) is 6.29. The maximum Gasteiger partial charge on any atom is 0.184 e. The van der Waals surface area contributed by atoms with Crippen LogP contribution in [0.5, 0.6) is 0 Å². The number of ketones is 1. The summed E-state index contributed by atoms with van der Waals surface area (Å²) in [5.41, 5.74) is 2.48. The van der Waals surface area contributed by atoms with Gasteiger partial charge in [0.15, 0.2) is 5.78 Å². The third kappa shape index (κ3) is 2.75. The Balaban J connectivity index is 2.36. The number of halogens is 1. The van der Waals surface area contributed by atoms with Crippen LogP contribution in [-0.2, 0) is 0 Å². The number of nitrogens with zero attached hydrogens (tertiary/aromatic N) is 1. The third-order valence-corrected chi connectivity index (χ3v) is 3.24. The summed E-state index contributed by atoms with van der Waals surface area (Å²) in [7, 11) is 0. The molecule has 0 aliphatic rings. The number of nitriles is 1.